The maximum absolute atomic E-state index is 12.8. The van der Waals surface area contributed by atoms with Crippen molar-refractivity contribution < 1.29 is 9.59 Å². The van der Waals surface area contributed by atoms with Crippen LogP contribution in [0.15, 0.2) is 67.1 Å². The van der Waals surface area contributed by atoms with Gasteiger partial charge in [-0.1, -0.05) is 36.4 Å². The topological polar surface area (TPSA) is 142 Å². The van der Waals surface area contributed by atoms with E-state index in [0.717, 1.165) is 6.42 Å². The van der Waals surface area contributed by atoms with Crippen LogP contribution < -0.4 is 16.4 Å². The first-order valence-electron chi connectivity index (χ1n) is 10.7. The van der Waals surface area contributed by atoms with Gasteiger partial charge < -0.3 is 21.3 Å². The Bertz CT molecular complexity index is 1330. The molecule has 0 aliphatic carbocycles. The van der Waals surface area contributed by atoms with Crippen molar-refractivity contribution in [2.75, 3.05) is 17.2 Å². The fourth-order valence-electron chi connectivity index (χ4n) is 3.96. The summed E-state index contributed by atoms with van der Waals surface area (Å²) in [5.41, 5.74) is 9.99. The van der Waals surface area contributed by atoms with Gasteiger partial charge in [-0.25, -0.2) is 9.78 Å². The molecule has 10 heteroatoms. The van der Waals surface area contributed by atoms with E-state index in [1.54, 1.807) is 35.4 Å². The summed E-state index contributed by atoms with van der Waals surface area (Å²) in [5, 5.41) is 13.0. The molecule has 5 rings (SSSR count). The maximum atomic E-state index is 12.8. The molecule has 0 radical (unpaired) electrons. The standard InChI is InChI=1S/C24H22N8O2/c25-22(33)20-21(30-31-23(20)29-19-13-26-10-11-27-19)16-5-7-18(8-6-16)28-24(34)32-12-9-15-3-1-2-4-17(15)14-32/h1-8,10-11,13H,9,12,14H2,(H2,25,33)(H,28,34)(H2,27,29,30,31). The van der Waals surface area contributed by atoms with Crippen LogP contribution in [0.25, 0.3) is 11.3 Å². The summed E-state index contributed by atoms with van der Waals surface area (Å²) in [4.78, 5) is 34.8. The van der Waals surface area contributed by atoms with Crippen molar-refractivity contribution in [3.63, 3.8) is 0 Å². The van der Waals surface area contributed by atoms with E-state index in [1.807, 2.05) is 12.1 Å². The van der Waals surface area contributed by atoms with Crippen LogP contribution in [0.2, 0.25) is 0 Å². The van der Waals surface area contributed by atoms with Crippen LogP contribution >= 0.6 is 0 Å². The number of aromatic amines is 1. The number of fused-ring (bicyclic) bond motifs is 1. The van der Waals surface area contributed by atoms with Gasteiger partial charge in [0.15, 0.2) is 0 Å². The number of nitrogens with two attached hydrogens (primary N) is 1. The highest BCUT2D eigenvalue weighted by atomic mass is 16.2. The summed E-state index contributed by atoms with van der Waals surface area (Å²) in [6, 6.07) is 15.1. The molecule has 1 aliphatic rings. The monoisotopic (exact) mass is 454 g/mol. The van der Waals surface area contributed by atoms with E-state index in [9.17, 15) is 9.59 Å². The number of nitrogens with one attached hydrogen (secondary N) is 3. The zero-order valence-electron chi connectivity index (χ0n) is 18.2. The first-order chi connectivity index (χ1) is 16.6. The third-order valence-corrected chi connectivity index (χ3v) is 5.66. The van der Waals surface area contributed by atoms with Crippen molar-refractivity contribution >= 4 is 29.3 Å². The number of H-pyrrole nitrogens is 1. The highest BCUT2D eigenvalue weighted by molar-refractivity contribution is 6.04. The second kappa shape index (κ2) is 9.02. The van der Waals surface area contributed by atoms with Crippen molar-refractivity contribution in [3.05, 3.63) is 83.8 Å². The zero-order valence-corrected chi connectivity index (χ0v) is 18.2. The number of benzene rings is 2. The number of anilines is 3. The van der Waals surface area contributed by atoms with Crippen LogP contribution in [0.5, 0.6) is 0 Å². The number of hydrogen-bond donors (Lipinski definition) is 4. The van der Waals surface area contributed by atoms with Crippen molar-refractivity contribution in [1.82, 2.24) is 25.1 Å². The predicted molar refractivity (Wildman–Crippen MR) is 127 cm³/mol. The average molecular weight is 454 g/mol. The molecule has 1 aliphatic heterocycles. The predicted octanol–water partition coefficient (Wildman–Crippen LogP) is 3.30. The Balaban J connectivity index is 1.31. The molecule has 2 aromatic carbocycles. The first kappa shape index (κ1) is 21.1. The molecule has 170 valence electrons. The summed E-state index contributed by atoms with van der Waals surface area (Å²) in [6.45, 7) is 1.24. The quantitative estimate of drug-likeness (QED) is 0.364. The number of urea groups is 1. The van der Waals surface area contributed by atoms with E-state index in [4.69, 9.17) is 5.73 Å². The summed E-state index contributed by atoms with van der Waals surface area (Å²) in [7, 11) is 0. The van der Waals surface area contributed by atoms with E-state index in [-0.39, 0.29) is 11.6 Å². The minimum atomic E-state index is -0.641. The third-order valence-electron chi connectivity index (χ3n) is 5.66. The Morgan fingerprint density at radius 3 is 2.56 bits per heavy atom. The van der Waals surface area contributed by atoms with Crippen LogP contribution in [0.4, 0.5) is 22.1 Å². The van der Waals surface area contributed by atoms with E-state index in [0.29, 0.717) is 41.7 Å². The summed E-state index contributed by atoms with van der Waals surface area (Å²) in [5.74, 6) is 0.127. The lowest BCUT2D eigenvalue weighted by Gasteiger charge is -2.29. The van der Waals surface area contributed by atoms with E-state index >= 15 is 0 Å². The largest absolute Gasteiger partial charge is 0.365 e. The highest BCUT2D eigenvalue weighted by Gasteiger charge is 2.22. The molecule has 34 heavy (non-hydrogen) atoms. The molecule has 3 amide bonds. The second-order valence-electron chi connectivity index (χ2n) is 7.85. The number of carbonyl (C=O) groups is 2. The summed E-state index contributed by atoms with van der Waals surface area (Å²) in [6.07, 6.45) is 5.43. The van der Waals surface area contributed by atoms with Gasteiger partial charge in [0, 0.05) is 36.7 Å². The second-order valence-corrected chi connectivity index (χ2v) is 7.85. The minimum absolute atomic E-state index is 0.157. The number of primary amides is 1. The molecule has 0 fully saturated rings. The van der Waals surface area contributed by atoms with Gasteiger partial charge in [0.05, 0.1) is 6.20 Å². The number of carbonyl (C=O) groups excluding carboxylic acids is 2. The number of aromatic nitrogens is 4. The van der Waals surface area contributed by atoms with Gasteiger partial charge in [-0.3, -0.25) is 14.9 Å². The number of nitrogens with zero attached hydrogens (tertiary/aromatic N) is 4. The molecular formula is C24H22N8O2. The van der Waals surface area contributed by atoms with Gasteiger partial charge in [-0.05, 0) is 29.7 Å². The van der Waals surface area contributed by atoms with Crippen molar-refractivity contribution in [2.45, 2.75) is 13.0 Å². The van der Waals surface area contributed by atoms with Crippen LogP contribution in [0.1, 0.15) is 21.5 Å². The van der Waals surface area contributed by atoms with E-state index < -0.39 is 5.91 Å². The third kappa shape index (κ3) is 4.29. The van der Waals surface area contributed by atoms with Gasteiger partial charge >= 0.3 is 6.03 Å². The lowest BCUT2D eigenvalue weighted by atomic mass is 10.0. The van der Waals surface area contributed by atoms with Crippen molar-refractivity contribution in [1.29, 1.82) is 0 Å². The van der Waals surface area contributed by atoms with Gasteiger partial charge in [-0.2, -0.15) is 5.10 Å². The smallest absolute Gasteiger partial charge is 0.322 e. The summed E-state index contributed by atoms with van der Waals surface area (Å²) < 4.78 is 0. The molecule has 4 aromatic rings. The van der Waals surface area contributed by atoms with Crippen LogP contribution in [-0.4, -0.2) is 43.5 Å². The summed E-state index contributed by atoms with van der Waals surface area (Å²) >= 11 is 0. The van der Waals surface area contributed by atoms with Crippen LogP contribution in [-0.2, 0) is 13.0 Å². The van der Waals surface area contributed by atoms with Gasteiger partial charge in [0.1, 0.15) is 22.9 Å². The fraction of sp³-hybridized carbons (Fsp3) is 0.125. The van der Waals surface area contributed by atoms with E-state index in [1.165, 1.54) is 23.5 Å². The van der Waals surface area contributed by atoms with Crippen LogP contribution in [0.3, 0.4) is 0 Å². The molecule has 10 nitrogen and oxygen atoms in total. The molecule has 0 spiro atoms. The normalized spacial score (nSPS) is 12.6. The first-order valence-corrected chi connectivity index (χ1v) is 10.7. The Labute approximate surface area is 195 Å². The lowest BCUT2D eigenvalue weighted by molar-refractivity contribution is 0.100. The molecular weight excluding hydrogens is 432 g/mol. The van der Waals surface area contributed by atoms with Gasteiger partial charge in [0.2, 0.25) is 0 Å². The molecule has 5 N–H and O–H groups in total. The zero-order chi connectivity index (χ0) is 23.5. The molecule has 0 unspecified atom stereocenters. The molecule has 2 aromatic heterocycles. The number of rotatable bonds is 5. The molecule has 0 bridgehead atoms. The Hall–Kier alpha value is -4.73. The minimum Gasteiger partial charge on any atom is -0.365 e. The molecule has 0 atom stereocenters. The number of amides is 3. The Kier molecular flexibility index (Phi) is 5.61. The highest BCUT2D eigenvalue weighted by Crippen LogP contribution is 2.29. The SMILES string of the molecule is NC(=O)c1c(-c2ccc(NC(=O)N3CCc4ccccc4C3)cc2)n[nH]c1Nc1cnccn1. The average Bonchev–Trinajstić information content (AvgIpc) is 3.28. The Morgan fingerprint density at radius 1 is 1.03 bits per heavy atom. The number of hydrogen-bond acceptors (Lipinski definition) is 6. The van der Waals surface area contributed by atoms with E-state index in [2.05, 4.69) is 42.9 Å². The Morgan fingerprint density at radius 2 is 1.82 bits per heavy atom. The van der Waals surface area contributed by atoms with Crippen molar-refractivity contribution in [3.8, 4) is 11.3 Å². The van der Waals surface area contributed by atoms with Crippen molar-refractivity contribution in [2.24, 2.45) is 5.73 Å². The molecule has 3 heterocycles. The maximum Gasteiger partial charge on any atom is 0.322 e. The molecule has 0 saturated carbocycles. The fourth-order valence-corrected chi connectivity index (χ4v) is 3.96. The van der Waals surface area contributed by atoms with Gasteiger partial charge in [0.25, 0.3) is 5.91 Å². The van der Waals surface area contributed by atoms with Gasteiger partial charge in [-0.15, -0.1) is 0 Å². The van der Waals surface area contributed by atoms with Crippen LogP contribution in [0, 0.1) is 0 Å². The lowest BCUT2D eigenvalue weighted by Crippen LogP contribution is -2.38. The molecule has 0 saturated heterocycles.